The Labute approximate surface area is 125 Å². The van der Waals surface area contributed by atoms with Crippen LogP contribution in [0.2, 0.25) is 0 Å². The zero-order valence-corrected chi connectivity index (χ0v) is 12.6. The fourth-order valence-electron chi connectivity index (χ4n) is 3.26. The Morgan fingerprint density at radius 2 is 2.05 bits per heavy atom. The maximum absolute atomic E-state index is 4.59. The first-order valence-corrected chi connectivity index (χ1v) is 8.10. The molecule has 2 fully saturated rings. The number of aromatic nitrogens is 4. The van der Waals surface area contributed by atoms with E-state index in [2.05, 4.69) is 32.5 Å². The highest BCUT2D eigenvalue weighted by atomic mass is 15.3. The van der Waals surface area contributed by atoms with Gasteiger partial charge in [-0.2, -0.15) is 10.2 Å². The van der Waals surface area contributed by atoms with Gasteiger partial charge in [0.2, 0.25) is 0 Å². The standard InChI is InChI=1S/C16H23N5/c1-20-16(8-15(19-20)13-6-7-13)17-9-12-10-18-21(11-12)14-4-2-3-5-14/h8,10-11,13-14,17H,2-7,9H2,1H3. The van der Waals surface area contributed by atoms with Crippen LogP contribution in [0.15, 0.2) is 18.5 Å². The van der Waals surface area contributed by atoms with Crippen molar-refractivity contribution < 1.29 is 0 Å². The number of rotatable bonds is 5. The zero-order valence-electron chi connectivity index (χ0n) is 12.6. The van der Waals surface area contributed by atoms with E-state index in [0.29, 0.717) is 12.0 Å². The molecule has 0 radical (unpaired) electrons. The lowest BCUT2D eigenvalue weighted by Gasteiger charge is -2.08. The first-order valence-electron chi connectivity index (χ1n) is 8.10. The normalized spacial score (nSPS) is 19.3. The summed E-state index contributed by atoms with van der Waals surface area (Å²) in [6.07, 6.45) is 12.0. The lowest BCUT2D eigenvalue weighted by Crippen LogP contribution is -2.05. The van der Waals surface area contributed by atoms with Gasteiger partial charge in [0.25, 0.3) is 0 Å². The van der Waals surface area contributed by atoms with Crippen molar-refractivity contribution in [3.8, 4) is 0 Å². The van der Waals surface area contributed by atoms with Gasteiger partial charge in [-0.3, -0.25) is 9.36 Å². The van der Waals surface area contributed by atoms with Gasteiger partial charge in [0.1, 0.15) is 5.82 Å². The molecule has 0 spiro atoms. The van der Waals surface area contributed by atoms with Crippen LogP contribution < -0.4 is 5.32 Å². The molecule has 0 aromatic carbocycles. The second-order valence-corrected chi connectivity index (χ2v) is 6.47. The van der Waals surface area contributed by atoms with Crippen molar-refractivity contribution >= 4 is 5.82 Å². The van der Waals surface area contributed by atoms with Gasteiger partial charge in [0.05, 0.1) is 17.9 Å². The van der Waals surface area contributed by atoms with E-state index < -0.39 is 0 Å². The van der Waals surface area contributed by atoms with Crippen LogP contribution in [-0.4, -0.2) is 19.6 Å². The van der Waals surface area contributed by atoms with Crippen molar-refractivity contribution in [3.63, 3.8) is 0 Å². The van der Waals surface area contributed by atoms with Crippen LogP contribution in [0.4, 0.5) is 5.82 Å². The third kappa shape index (κ3) is 2.69. The van der Waals surface area contributed by atoms with E-state index in [1.54, 1.807) is 0 Å². The molecule has 2 aromatic rings. The summed E-state index contributed by atoms with van der Waals surface area (Å²) < 4.78 is 4.11. The largest absolute Gasteiger partial charge is 0.366 e. The number of nitrogens with zero attached hydrogens (tertiary/aromatic N) is 4. The molecule has 2 saturated carbocycles. The Bertz CT molecular complexity index is 616. The van der Waals surface area contributed by atoms with Crippen LogP contribution in [0.1, 0.15) is 61.7 Å². The van der Waals surface area contributed by atoms with E-state index in [1.807, 2.05) is 17.9 Å². The second-order valence-electron chi connectivity index (χ2n) is 6.47. The van der Waals surface area contributed by atoms with Crippen LogP contribution in [-0.2, 0) is 13.6 Å². The molecule has 2 aliphatic carbocycles. The summed E-state index contributed by atoms with van der Waals surface area (Å²) in [7, 11) is 2.01. The summed E-state index contributed by atoms with van der Waals surface area (Å²) in [5.74, 6) is 1.81. The van der Waals surface area contributed by atoms with Gasteiger partial charge in [-0.1, -0.05) is 12.8 Å². The molecule has 21 heavy (non-hydrogen) atoms. The van der Waals surface area contributed by atoms with Crippen molar-refractivity contribution in [2.75, 3.05) is 5.32 Å². The molecule has 5 heteroatoms. The first-order chi connectivity index (χ1) is 10.3. The average Bonchev–Trinajstić information content (AvgIpc) is 2.92. The second kappa shape index (κ2) is 5.20. The van der Waals surface area contributed by atoms with E-state index in [1.165, 1.54) is 49.8 Å². The molecular formula is C16H23N5. The fraction of sp³-hybridized carbons (Fsp3) is 0.625. The minimum absolute atomic E-state index is 0.622. The van der Waals surface area contributed by atoms with E-state index in [9.17, 15) is 0 Å². The molecule has 0 saturated heterocycles. The quantitative estimate of drug-likeness (QED) is 0.917. The Balaban J connectivity index is 1.39. The topological polar surface area (TPSA) is 47.7 Å². The van der Waals surface area contributed by atoms with Crippen molar-refractivity contribution in [1.29, 1.82) is 0 Å². The molecule has 2 aliphatic rings. The van der Waals surface area contributed by atoms with Crippen LogP contribution in [0.5, 0.6) is 0 Å². The molecule has 0 aliphatic heterocycles. The molecule has 0 unspecified atom stereocenters. The van der Waals surface area contributed by atoms with Gasteiger partial charge in [-0.25, -0.2) is 0 Å². The summed E-state index contributed by atoms with van der Waals surface area (Å²) in [4.78, 5) is 0. The molecule has 2 heterocycles. The predicted octanol–water partition coefficient (Wildman–Crippen LogP) is 3.22. The monoisotopic (exact) mass is 285 g/mol. The SMILES string of the molecule is Cn1nc(C2CC2)cc1NCc1cnn(C2CCCC2)c1. The first kappa shape index (κ1) is 12.9. The molecule has 5 nitrogen and oxygen atoms in total. The van der Waals surface area contributed by atoms with Gasteiger partial charge in [0, 0.05) is 37.3 Å². The molecule has 0 atom stereocenters. The average molecular weight is 285 g/mol. The molecule has 0 amide bonds. The predicted molar refractivity (Wildman–Crippen MR) is 82.2 cm³/mol. The van der Waals surface area contributed by atoms with Crippen molar-refractivity contribution in [2.45, 2.75) is 57.0 Å². The maximum atomic E-state index is 4.59. The Morgan fingerprint density at radius 1 is 1.24 bits per heavy atom. The van der Waals surface area contributed by atoms with E-state index in [0.717, 1.165) is 12.4 Å². The number of hydrogen-bond donors (Lipinski definition) is 1. The summed E-state index contributed by atoms with van der Waals surface area (Å²) in [6.45, 7) is 0.816. The van der Waals surface area contributed by atoms with Crippen molar-refractivity contribution in [2.24, 2.45) is 7.05 Å². The minimum atomic E-state index is 0.622. The molecular weight excluding hydrogens is 262 g/mol. The molecule has 1 N–H and O–H groups in total. The smallest absolute Gasteiger partial charge is 0.124 e. The Hall–Kier alpha value is -1.78. The van der Waals surface area contributed by atoms with Gasteiger partial charge in [0.15, 0.2) is 0 Å². The number of anilines is 1. The van der Waals surface area contributed by atoms with Gasteiger partial charge in [-0.05, 0) is 25.7 Å². The number of nitrogens with one attached hydrogen (secondary N) is 1. The molecule has 112 valence electrons. The van der Waals surface area contributed by atoms with Crippen LogP contribution in [0.3, 0.4) is 0 Å². The fourth-order valence-corrected chi connectivity index (χ4v) is 3.26. The van der Waals surface area contributed by atoms with Crippen LogP contribution >= 0.6 is 0 Å². The third-order valence-electron chi connectivity index (χ3n) is 4.72. The third-order valence-corrected chi connectivity index (χ3v) is 4.72. The lowest BCUT2D eigenvalue weighted by atomic mass is 10.2. The summed E-state index contributed by atoms with van der Waals surface area (Å²) in [5.41, 5.74) is 2.48. The van der Waals surface area contributed by atoms with Crippen LogP contribution in [0, 0.1) is 0 Å². The van der Waals surface area contributed by atoms with Crippen molar-refractivity contribution in [3.05, 3.63) is 29.7 Å². The molecule has 2 aromatic heterocycles. The van der Waals surface area contributed by atoms with Gasteiger partial charge < -0.3 is 5.32 Å². The zero-order chi connectivity index (χ0) is 14.2. The molecule has 0 bridgehead atoms. The lowest BCUT2D eigenvalue weighted by molar-refractivity contribution is 0.466. The summed E-state index contributed by atoms with van der Waals surface area (Å²) in [5, 5.41) is 12.6. The summed E-state index contributed by atoms with van der Waals surface area (Å²) >= 11 is 0. The molecule has 4 rings (SSSR count). The highest BCUT2D eigenvalue weighted by Gasteiger charge is 2.26. The minimum Gasteiger partial charge on any atom is -0.366 e. The highest BCUT2D eigenvalue weighted by Crippen LogP contribution is 2.39. The summed E-state index contributed by atoms with van der Waals surface area (Å²) in [6, 6.07) is 2.82. The maximum Gasteiger partial charge on any atom is 0.124 e. The number of hydrogen-bond acceptors (Lipinski definition) is 3. The number of aryl methyl sites for hydroxylation is 1. The van der Waals surface area contributed by atoms with E-state index >= 15 is 0 Å². The highest BCUT2D eigenvalue weighted by molar-refractivity contribution is 5.39. The Morgan fingerprint density at radius 3 is 2.81 bits per heavy atom. The van der Waals surface area contributed by atoms with E-state index in [-0.39, 0.29) is 0 Å². The Kier molecular flexibility index (Phi) is 3.20. The van der Waals surface area contributed by atoms with Gasteiger partial charge >= 0.3 is 0 Å². The van der Waals surface area contributed by atoms with Crippen molar-refractivity contribution in [1.82, 2.24) is 19.6 Å². The van der Waals surface area contributed by atoms with Gasteiger partial charge in [-0.15, -0.1) is 0 Å². The van der Waals surface area contributed by atoms with Crippen LogP contribution in [0.25, 0.3) is 0 Å². The van der Waals surface area contributed by atoms with E-state index in [4.69, 9.17) is 0 Å².